The van der Waals surface area contributed by atoms with Crippen LogP contribution in [0.1, 0.15) is 20.8 Å². The van der Waals surface area contributed by atoms with Crippen LogP contribution in [0.25, 0.3) is 49.9 Å². The van der Waals surface area contributed by atoms with E-state index in [1.54, 1.807) is 0 Å². The van der Waals surface area contributed by atoms with E-state index in [2.05, 4.69) is 196 Å². The third-order valence-electron chi connectivity index (χ3n) is 10.6. The van der Waals surface area contributed by atoms with Crippen molar-refractivity contribution in [2.24, 2.45) is 0 Å². The second-order valence-corrected chi connectivity index (χ2v) is 19.8. The van der Waals surface area contributed by atoms with Crippen LogP contribution in [-0.4, -0.2) is 23.2 Å². The summed E-state index contributed by atoms with van der Waals surface area (Å²) in [5.74, 6) is 0.906. The van der Waals surface area contributed by atoms with Crippen molar-refractivity contribution in [3.05, 3.63) is 164 Å². The lowest BCUT2D eigenvalue weighted by molar-refractivity contribution is 0.0843. The molecule has 0 fully saturated rings. The van der Waals surface area contributed by atoms with E-state index in [9.17, 15) is 0 Å². The molecule has 3 heterocycles. The topological polar surface area (TPSA) is 33.5 Å². The second kappa shape index (κ2) is 12.6. The molecule has 0 unspecified atom stereocenters. The van der Waals surface area contributed by atoms with Gasteiger partial charge in [-0.2, -0.15) is 5.06 Å². The van der Waals surface area contributed by atoms with Gasteiger partial charge in [0, 0.05) is 17.0 Å². The molecule has 9 rings (SSSR count). The minimum Gasteiger partial charge on any atom is -0.294 e. The molecule has 0 bridgehead atoms. The number of fused-ring (bicyclic) bond motifs is 4. The maximum absolute atomic E-state index is 6.56. The maximum atomic E-state index is 6.56. The number of nitrogens with zero attached hydrogens (tertiary/aromatic N) is 4. The minimum atomic E-state index is -2.21. The Kier molecular flexibility index (Phi) is 7.84. The van der Waals surface area contributed by atoms with Gasteiger partial charge in [-0.15, -0.1) is 4.94 Å². The largest absolute Gasteiger partial charge is 0.294 e. The van der Waals surface area contributed by atoms with Gasteiger partial charge in [0.25, 0.3) is 0 Å². The molecule has 0 N–H and O–H groups in total. The van der Waals surface area contributed by atoms with Gasteiger partial charge in [0.15, 0.2) is 0 Å². The fraction of sp³-hybridized carbons (Fsp3) is 0.128. The first-order valence-corrected chi connectivity index (χ1v) is 21.3. The van der Waals surface area contributed by atoms with Crippen molar-refractivity contribution in [2.75, 3.05) is 10.1 Å². The Hall–Kier alpha value is -5.95. The first-order chi connectivity index (χ1) is 25.7. The van der Waals surface area contributed by atoms with Crippen LogP contribution in [0.2, 0.25) is 13.1 Å². The number of rotatable bonds is 6. The van der Waals surface area contributed by atoms with Crippen LogP contribution in [0.3, 0.4) is 0 Å². The number of benzene rings is 6. The molecule has 260 valence electrons. The molecular formula is C47H42N4OSi. The average molecular weight is 707 g/mol. The van der Waals surface area contributed by atoms with Gasteiger partial charge in [-0.3, -0.25) is 4.57 Å². The monoisotopic (exact) mass is 706 g/mol. The molecule has 1 aliphatic rings. The van der Waals surface area contributed by atoms with Crippen molar-refractivity contribution in [2.45, 2.75) is 39.4 Å². The van der Waals surface area contributed by atoms with E-state index in [0.29, 0.717) is 0 Å². The van der Waals surface area contributed by atoms with Gasteiger partial charge < -0.3 is 0 Å². The molecule has 5 nitrogen and oxygen atoms in total. The van der Waals surface area contributed by atoms with Crippen LogP contribution in [-0.2, 0) is 4.94 Å². The predicted molar refractivity (Wildman–Crippen MR) is 225 cm³/mol. The molecule has 0 atom stereocenters. The summed E-state index contributed by atoms with van der Waals surface area (Å²) in [5.41, 5.74) is 9.98. The number of hydroxylamine groups is 1. The zero-order chi connectivity index (χ0) is 36.3. The Morgan fingerprint density at radius 2 is 1.21 bits per heavy atom. The van der Waals surface area contributed by atoms with E-state index in [1.807, 2.05) is 16.3 Å². The molecule has 6 heteroatoms. The highest BCUT2D eigenvalue weighted by molar-refractivity contribution is 7.00. The molecule has 2 aromatic heterocycles. The Bertz CT molecular complexity index is 2640. The van der Waals surface area contributed by atoms with Crippen LogP contribution in [0.4, 0.5) is 17.1 Å². The van der Waals surface area contributed by atoms with Gasteiger partial charge >= 0.3 is 0 Å². The molecular weight excluding hydrogens is 665 g/mol. The summed E-state index contributed by atoms with van der Waals surface area (Å²) < 4.78 is 2.35. The van der Waals surface area contributed by atoms with Crippen LogP contribution in [0, 0.1) is 0 Å². The van der Waals surface area contributed by atoms with E-state index in [0.717, 1.165) is 34.0 Å². The number of aromatic nitrogens is 2. The lowest BCUT2D eigenvalue weighted by atomic mass is 9.95. The molecule has 6 aromatic carbocycles. The summed E-state index contributed by atoms with van der Waals surface area (Å²) in [6, 6.07) is 56.7. The molecule has 1 aliphatic heterocycles. The zero-order valence-corrected chi connectivity index (χ0v) is 31.8. The molecule has 0 saturated carbocycles. The summed E-state index contributed by atoms with van der Waals surface area (Å²) in [7, 11) is -2.21. The van der Waals surface area contributed by atoms with Crippen molar-refractivity contribution in [1.29, 1.82) is 0 Å². The average Bonchev–Trinajstić information content (AvgIpc) is 3.75. The molecule has 0 amide bonds. The molecule has 0 radical (unpaired) electrons. The summed E-state index contributed by atoms with van der Waals surface area (Å²) in [6.07, 6.45) is 1.94. The number of hydrogen-bond donors (Lipinski definition) is 0. The maximum Gasteiger partial charge on any atom is 0.138 e. The van der Waals surface area contributed by atoms with Crippen molar-refractivity contribution in [1.82, 2.24) is 9.55 Å². The highest BCUT2D eigenvalue weighted by Crippen LogP contribution is 2.44. The van der Waals surface area contributed by atoms with Crippen molar-refractivity contribution < 1.29 is 4.94 Å². The van der Waals surface area contributed by atoms with E-state index in [-0.39, 0.29) is 5.54 Å². The fourth-order valence-electron chi connectivity index (χ4n) is 7.75. The van der Waals surface area contributed by atoms with Gasteiger partial charge in [0.2, 0.25) is 0 Å². The normalized spacial score (nSPS) is 13.2. The smallest absolute Gasteiger partial charge is 0.138 e. The van der Waals surface area contributed by atoms with Gasteiger partial charge in [-0.25, -0.2) is 10.0 Å². The SMILES string of the molecule is CC(C)(C)N1ON(c2cccc([Si](C)(C)c3ccc4c5ccccc5n(-c5cc(-c6ccccc6-c6ccccc6)ccn5)c4c3)c2)c2ccccc21. The quantitative estimate of drug-likeness (QED) is 0.161. The highest BCUT2D eigenvalue weighted by atomic mass is 28.3. The first kappa shape index (κ1) is 32.9. The lowest BCUT2D eigenvalue weighted by Gasteiger charge is -2.32. The van der Waals surface area contributed by atoms with Gasteiger partial charge in [-0.1, -0.05) is 133 Å². The standard InChI is InChI=1S/C47H42N4OSi/c1-47(2,3)51-44-25-14-13-24-43(44)50(52-51)35-18-15-19-36(31-35)53(4,5)37-26-27-41-40-22-11-12-23-42(40)49(45(41)32-37)46-30-34(28-29-48-46)39-21-10-9-20-38(39)33-16-7-6-8-17-33/h6-32H,1-5H3. The van der Waals surface area contributed by atoms with Crippen molar-refractivity contribution >= 4 is 57.3 Å². The van der Waals surface area contributed by atoms with E-state index in [4.69, 9.17) is 9.92 Å². The summed E-state index contributed by atoms with van der Waals surface area (Å²) in [5, 5.41) is 9.13. The van der Waals surface area contributed by atoms with Crippen LogP contribution in [0.5, 0.6) is 0 Å². The predicted octanol–water partition coefficient (Wildman–Crippen LogP) is 10.9. The van der Waals surface area contributed by atoms with E-state index >= 15 is 0 Å². The Balaban J connectivity index is 1.14. The molecule has 0 saturated heterocycles. The molecule has 53 heavy (non-hydrogen) atoms. The third-order valence-corrected chi connectivity index (χ3v) is 14.1. The van der Waals surface area contributed by atoms with Gasteiger partial charge in [0.1, 0.15) is 13.9 Å². The number of pyridine rings is 1. The van der Waals surface area contributed by atoms with Crippen LogP contribution >= 0.6 is 0 Å². The lowest BCUT2D eigenvalue weighted by Crippen LogP contribution is -2.53. The Labute approximate surface area is 312 Å². The molecule has 0 spiro atoms. The molecule has 8 aromatic rings. The van der Waals surface area contributed by atoms with Gasteiger partial charge in [0.05, 0.1) is 33.6 Å². The number of para-hydroxylation sites is 3. The fourth-order valence-corrected chi connectivity index (χ4v) is 10.1. The van der Waals surface area contributed by atoms with E-state index < -0.39 is 8.07 Å². The van der Waals surface area contributed by atoms with E-state index in [1.165, 1.54) is 43.4 Å². The summed E-state index contributed by atoms with van der Waals surface area (Å²) in [4.78, 5) is 11.6. The van der Waals surface area contributed by atoms with Crippen molar-refractivity contribution in [3.63, 3.8) is 0 Å². The highest BCUT2D eigenvalue weighted by Gasteiger charge is 2.36. The summed E-state index contributed by atoms with van der Waals surface area (Å²) in [6.45, 7) is 11.4. The van der Waals surface area contributed by atoms with Crippen LogP contribution in [0.15, 0.2) is 164 Å². The number of anilines is 3. The number of hydrogen-bond acceptors (Lipinski definition) is 4. The third kappa shape index (κ3) is 5.62. The van der Waals surface area contributed by atoms with Crippen molar-refractivity contribution in [3.8, 4) is 28.1 Å². The van der Waals surface area contributed by atoms with Gasteiger partial charge in [-0.05, 0) is 91.6 Å². The minimum absolute atomic E-state index is 0.204. The first-order valence-electron chi connectivity index (χ1n) is 18.3. The molecule has 0 aliphatic carbocycles. The second-order valence-electron chi connectivity index (χ2n) is 15.4. The van der Waals surface area contributed by atoms with Crippen LogP contribution < -0.4 is 20.5 Å². The zero-order valence-electron chi connectivity index (χ0n) is 30.8. The Morgan fingerprint density at radius 1 is 0.547 bits per heavy atom. The summed E-state index contributed by atoms with van der Waals surface area (Å²) >= 11 is 0. The Morgan fingerprint density at radius 3 is 2.00 bits per heavy atom.